The van der Waals surface area contributed by atoms with E-state index in [1.54, 1.807) is 43.5 Å². The summed E-state index contributed by atoms with van der Waals surface area (Å²) in [5, 5.41) is 0. The minimum Gasteiger partial charge on any atom is -0.497 e. The van der Waals surface area contributed by atoms with Crippen LogP contribution in [-0.4, -0.2) is 25.0 Å². The van der Waals surface area contributed by atoms with Crippen LogP contribution < -0.4 is 15.2 Å². The Balaban J connectivity index is 0.00000220. The Morgan fingerprint density at radius 3 is 2.24 bits per heavy atom. The van der Waals surface area contributed by atoms with Crippen molar-refractivity contribution in [3.05, 3.63) is 53.7 Å². The molecule has 0 saturated carbocycles. The van der Waals surface area contributed by atoms with Crippen molar-refractivity contribution >= 4 is 18.2 Å². The van der Waals surface area contributed by atoms with Crippen LogP contribution in [0.25, 0.3) is 0 Å². The number of Topliss-reactive ketones (excluding diaryl/α,β-unsaturated/α-hetero) is 1. The van der Waals surface area contributed by atoms with Gasteiger partial charge in [0.1, 0.15) is 5.75 Å². The van der Waals surface area contributed by atoms with Gasteiger partial charge in [0.2, 0.25) is 5.88 Å². The Morgan fingerprint density at radius 1 is 1.10 bits per heavy atom. The summed E-state index contributed by atoms with van der Waals surface area (Å²) in [6.45, 7) is 0. The van der Waals surface area contributed by atoms with Crippen LogP contribution in [0.15, 0.2) is 42.6 Å². The number of benzene rings is 1. The second-order valence-corrected chi connectivity index (χ2v) is 4.20. The number of pyridine rings is 1. The van der Waals surface area contributed by atoms with Gasteiger partial charge in [-0.1, -0.05) is 12.1 Å². The minimum atomic E-state index is -0.726. The molecule has 0 saturated heterocycles. The third-order valence-corrected chi connectivity index (χ3v) is 2.99. The summed E-state index contributed by atoms with van der Waals surface area (Å²) in [6, 6.07) is 9.65. The van der Waals surface area contributed by atoms with Crippen LogP contribution in [0.4, 0.5) is 0 Å². The Bertz CT molecular complexity index is 585. The van der Waals surface area contributed by atoms with E-state index < -0.39 is 6.04 Å². The number of hydrogen-bond donors (Lipinski definition) is 1. The van der Waals surface area contributed by atoms with Crippen molar-refractivity contribution in [2.24, 2.45) is 5.73 Å². The van der Waals surface area contributed by atoms with Crippen LogP contribution in [0.1, 0.15) is 22.0 Å². The molecule has 1 aromatic heterocycles. The van der Waals surface area contributed by atoms with Gasteiger partial charge in [0.05, 0.1) is 20.3 Å². The summed E-state index contributed by atoms with van der Waals surface area (Å²) in [7, 11) is 3.11. The number of nitrogens with zero attached hydrogens (tertiary/aromatic N) is 1. The third-order valence-electron chi connectivity index (χ3n) is 2.99. The molecule has 2 rings (SSSR count). The van der Waals surface area contributed by atoms with Crippen LogP contribution in [0.3, 0.4) is 0 Å². The van der Waals surface area contributed by atoms with E-state index in [2.05, 4.69) is 4.98 Å². The number of rotatable bonds is 5. The quantitative estimate of drug-likeness (QED) is 0.859. The molecule has 0 aliphatic rings. The molecular weight excluding hydrogens is 292 g/mol. The first-order valence-electron chi connectivity index (χ1n) is 6.09. The zero-order valence-corrected chi connectivity index (χ0v) is 12.6. The molecule has 5 nitrogen and oxygen atoms in total. The van der Waals surface area contributed by atoms with E-state index >= 15 is 0 Å². The number of hydrogen-bond acceptors (Lipinski definition) is 5. The summed E-state index contributed by atoms with van der Waals surface area (Å²) in [6.07, 6.45) is 1.46. The van der Waals surface area contributed by atoms with E-state index in [0.29, 0.717) is 11.4 Å². The van der Waals surface area contributed by atoms with Crippen LogP contribution >= 0.6 is 12.4 Å². The highest BCUT2D eigenvalue weighted by molar-refractivity contribution is 6.00. The van der Waals surface area contributed by atoms with Gasteiger partial charge in [-0.15, -0.1) is 12.4 Å². The Morgan fingerprint density at radius 2 is 1.76 bits per heavy atom. The van der Waals surface area contributed by atoms with Crippen molar-refractivity contribution in [2.75, 3.05) is 14.2 Å². The molecule has 1 heterocycles. The van der Waals surface area contributed by atoms with E-state index in [-0.39, 0.29) is 18.2 Å². The van der Waals surface area contributed by atoms with Gasteiger partial charge >= 0.3 is 0 Å². The number of carbonyl (C=O) groups is 1. The monoisotopic (exact) mass is 308 g/mol. The zero-order chi connectivity index (χ0) is 14.5. The smallest absolute Gasteiger partial charge is 0.212 e. The first-order chi connectivity index (χ1) is 9.65. The lowest BCUT2D eigenvalue weighted by atomic mass is 9.99. The summed E-state index contributed by atoms with van der Waals surface area (Å²) in [5.41, 5.74) is 7.16. The fourth-order valence-corrected chi connectivity index (χ4v) is 1.79. The molecule has 21 heavy (non-hydrogen) atoms. The van der Waals surface area contributed by atoms with Crippen molar-refractivity contribution in [2.45, 2.75) is 6.04 Å². The molecule has 2 aromatic rings. The highest BCUT2D eigenvalue weighted by Gasteiger charge is 2.18. The Kier molecular flexibility index (Phi) is 6.14. The van der Waals surface area contributed by atoms with E-state index in [4.69, 9.17) is 15.2 Å². The SMILES string of the molecule is COc1ccc(C(N)C(=O)c2ccc(OC)nc2)cc1.Cl. The predicted octanol–water partition coefficient (Wildman–Crippen LogP) is 2.40. The Labute approximate surface area is 129 Å². The summed E-state index contributed by atoms with van der Waals surface area (Å²) in [4.78, 5) is 16.3. The van der Waals surface area contributed by atoms with E-state index in [9.17, 15) is 4.79 Å². The fourth-order valence-electron chi connectivity index (χ4n) is 1.79. The number of aromatic nitrogens is 1. The molecule has 0 amide bonds. The highest BCUT2D eigenvalue weighted by atomic mass is 35.5. The van der Waals surface area contributed by atoms with Gasteiger partial charge in [0.25, 0.3) is 0 Å². The molecule has 0 fully saturated rings. The lowest BCUT2D eigenvalue weighted by Gasteiger charge is -2.11. The molecule has 1 aromatic carbocycles. The predicted molar refractivity (Wildman–Crippen MR) is 82.3 cm³/mol. The molecule has 1 atom stereocenters. The van der Waals surface area contributed by atoms with Crippen molar-refractivity contribution in [3.63, 3.8) is 0 Å². The molecular formula is C15H17ClN2O3. The topological polar surface area (TPSA) is 74.4 Å². The van der Waals surface area contributed by atoms with Gasteiger partial charge in [-0.3, -0.25) is 4.79 Å². The summed E-state index contributed by atoms with van der Waals surface area (Å²) < 4.78 is 10.0. The number of methoxy groups -OCH3 is 2. The normalized spacial score (nSPS) is 11.2. The molecule has 0 bridgehead atoms. The molecule has 1 unspecified atom stereocenters. The zero-order valence-electron chi connectivity index (χ0n) is 11.8. The van der Waals surface area contributed by atoms with E-state index in [0.717, 1.165) is 11.3 Å². The van der Waals surface area contributed by atoms with Gasteiger partial charge < -0.3 is 15.2 Å². The fraction of sp³-hybridized carbons (Fsp3) is 0.200. The third kappa shape index (κ3) is 3.93. The van der Waals surface area contributed by atoms with Crippen LogP contribution in [0.5, 0.6) is 11.6 Å². The average molecular weight is 309 g/mol. The largest absolute Gasteiger partial charge is 0.497 e. The molecule has 0 aliphatic carbocycles. The summed E-state index contributed by atoms with van der Waals surface area (Å²) >= 11 is 0. The number of carbonyl (C=O) groups excluding carboxylic acids is 1. The first kappa shape index (κ1) is 16.9. The van der Waals surface area contributed by atoms with Crippen molar-refractivity contribution in [3.8, 4) is 11.6 Å². The van der Waals surface area contributed by atoms with Crippen LogP contribution in [0, 0.1) is 0 Å². The van der Waals surface area contributed by atoms with Crippen LogP contribution in [-0.2, 0) is 0 Å². The average Bonchev–Trinajstić information content (AvgIpc) is 2.53. The molecule has 0 spiro atoms. The van der Waals surface area contributed by atoms with Crippen molar-refractivity contribution in [1.82, 2.24) is 4.98 Å². The highest BCUT2D eigenvalue weighted by Crippen LogP contribution is 2.20. The first-order valence-corrected chi connectivity index (χ1v) is 6.09. The second kappa shape index (κ2) is 7.61. The van der Waals surface area contributed by atoms with Gasteiger partial charge in [-0.05, 0) is 23.8 Å². The standard InChI is InChI=1S/C15H16N2O3.ClH/c1-19-12-6-3-10(4-7-12)14(16)15(18)11-5-8-13(20-2)17-9-11;/h3-9,14H,16H2,1-2H3;1H. The number of nitrogens with two attached hydrogens (primary N) is 1. The van der Waals surface area contributed by atoms with Gasteiger partial charge in [0, 0.05) is 17.8 Å². The molecule has 2 N–H and O–H groups in total. The maximum atomic E-state index is 12.3. The second-order valence-electron chi connectivity index (χ2n) is 4.20. The maximum absolute atomic E-state index is 12.3. The molecule has 0 radical (unpaired) electrons. The minimum absolute atomic E-state index is 0. The number of ketones is 1. The molecule has 6 heteroatoms. The van der Waals surface area contributed by atoms with Crippen molar-refractivity contribution in [1.29, 1.82) is 0 Å². The lowest BCUT2D eigenvalue weighted by molar-refractivity contribution is 0.0961. The van der Waals surface area contributed by atoms with E-state index in [1.165, 1.54) is 13.3 Å². The summed E-state index contributed by atoms with van der Waals surface area (Å²) in [5.74, 6) is 0.990. The lowest BCUT2D eigenvalue weighted by Crippen LogP contribution is -2.21. The van der Waals surface area contributed by atoms with E-state index in [1.807, 2.05) is 0 Å². The van der Waals surface area contributed by atoms with Gasteiger partial charge in [-0.2, -0.15) is 0 Å². The maximum Gasteiger partial charge on any atom is 0.212 e. The molecule has 0 aliphatic heterocycles. The van der Waals surface area contributed by atoms with Gasteiger partial charge in [0.15, 0.2) is 5.78 Å². The Hall–Kier alpha value is -2.11. The van der Waals surface area contributed by atoms with Crippen molar-refractivity contribution < 1.29 is 14.3 Å². The van der Waals surface area contributed by atoms with Crippen LogP contribution in [0.2, 0.25) is 0 Å². The molecule has 112 valence electrons. The van der Waals surface area contributed by atoms with Gasteiger partial charge in [-0.25, -0.2) is 4.98 Å². The number of halogens is 1. The number of ether oxygens (including phenoxy) is 2.